The van der Waals surface area contributed by atoms with Crippen molar-refractivity contribution in [3.63, 3.8) is 0 Å². The lowest BCUT2D eigenvalue weighted by atomic mass is 10.0. The third-order valence-corrected chi connectivity index (χ3v) is 3.24. The normalized spacial score (nSPS) is 12.7. The molecule has 0 amide bonds. The molecule has 18 heavy (non-hydrogen) atoms. The van der Waals surface area contributed by atoms with E-state index in [2.05, 4.69) is 10.3 Å². The van der Waals surface area contributed by atoms with Crippen LogP contribution in [-0.4, -0.2) is 16.6 Å². The van der Waals surface area contributed by atoms with Crippen LogP contribution in [0.15, 0.2) is 30.6 Å². The molecule has 0 saturated heterocycles. The van der Waals surface area contributed by atoms with Crippen LogP contribution < -0.4 is 5.32 Å². The van der Waals surface area contributed by atoms with Gasteiger partial charge in [-0.15, -0.1) is 0 Å². The smallest absolute Gasteiger partial charge is 0.126 e. The van der Waals surface area contributed by atoms with Gasteiger partial charge in [0.1, 0.15) is 11.6 Å². The van der Waals surface area contributed by atoms with Gasteiger partial charge in [-0.25, -0.2) is 9.37 Å². The number of aryl methyl sites for hydroxylation is 2. The fourth-order valence-corrected chi connectivity index (χ4v) is 2.05. The van der Waals surface area contributed by atoms with Crippen molar-refractivity contribution in [3.05, 3.63) is 53.4 Å². The summed E-state index contributed by atoms with van der Waals surface area (Å²) in [7, 11) is 3.89. The molecule has 1 heterocycles. The van der Waals surface area contributed by atoms with E-state index in [1.807, 2.05) is 37.0 Å². The molecule has 0 radical (unpaired) electrons. The molecule has 0 fully saturated rings. The maximum Gasteiger partial charge on any atom is 0.126 e. The molecule has 1 aromatic carbocycles. The summed E-state index contributed by atoms with van der Waals surface area (Å²) in [6, 6.07) is 5.38. The first-order valence-corrected chi connectivity index (χ1v) is 6.01. The van der Waals surface area contributed by atoms with E-state index in [-0.39, 0.29) is 11.9 Å². The first-order valence-electron chi connectivity index (χ1n) is 6.01. The van der Waals surface area contributed by atoms with E-state index in [4.69, 9.17) is 0 Å². The number of nitrogens with zero attached hydrogens (tertiary/aromatic N) is 2. The standard InChI is InChI=1S/C14H18FN3/c1-10-8-11(4-5-12(10)15)13(16-2)9-14-17-6-7-18(14)3/h4-8,13,16H,9H2,1-3H3. The van der Waals surface area contributed by atoms with Gasteiger partial charge in [0.15, 0.2) is 0 Å². The summed E-state index contributed by atoms with van der Waals surface area (Å²) in [6.07, 6.45) is 4.50. The molecule has 0 spiro atoms. The predicted molar refractivity (Wildman–Crippen MR) is 69.8 cm³/mol. The molecule has 1 atom stereocenters. The molecule has 1 unspecified atom stereocenters. The number of benzene rings is 1. The van der Waals surface area contributed by atoms with Crippen molar-refractivity contribution in [2.45, 2.75) is 19.4 Å². The molecule has 96 valence electrons. The van der Waals surface area contributed by atoms with Crippen molar-refractivity contribution in [2.75, 3.05) is 7.05 Å². The third-order valence-electron chi connectivity index (χ3n) is 3.24. The molecular formula is C14H18FN3. The number of imidazole rings is 1. The van der Waals surface area contributed by atoms with E-state index in [0.29, 0.717) is 5.56 Å². The minimum Gasteiger partial charge on any atom is -0.338 e. The Morgan fingerprint density at radius 2 is 2.22 bits per heavy atom. The van der Waals surface area contributed by atoms with Crippen molar-refractivity contribution in [3.8, 4) is 0 Å². The molecule has 0 aliphatic rings. The lowest BCUT2D eigenvalue weighted by Crippen LogP contribution is -2.20. The van der Waals surface area contributed by atoms with Crippen LogP contribution in [0.3, 0.4) is 0 Å². The van der Waals surface area contributed by atoms with E-state index in [9.17, 15) is 4.39 Å². The summed E-state index contributed by atoms with van der Waals surface area (Å²) in [5, 5.41) is 3.25. The molecule has 3 nitrogen and oxygen atoms in total. The van der Waals surface area contributed by atoms with Gasteiger partial charge < -0.3 is 9.88 Å². The fourth-order valence-electron chi connectivity index (χ4n) is 2.05. The second kappa shape index (κ2) is 5.31. The highest BCUT2D eigenvalue weighted by Crippen LogP contribution is 2.19. The maximum atomic E-state index is 13.3. The zero-order chi connectivity index (χ0) is 13.1. The Bertz CT molecular complexity index is 534. The molecule has 0 aliphatic carbocycles. The zero-order valence-corrected chi connectivity index (χ0v) is 10.9. The monoisotopic (exact) mass is 247 g/mol. The Hall–Kier alpha value is -1.68. The Kier molecular flexibility index (Phi) is 3.77. The topological polar surface area (TPSA) is 29.9 Å². The molecule has 0 aliphatic heterocycles. The van der Waals surface area contributed by atoms with Gasteiger partial charge in [0.2, 0.25) is 0 Å². The molecule has 0 bridgehead atoms. The second-order valence-corrected chi connectivity index (χ2v) is 4.51. The highest BCUT2D eigenvalue weighted by atomic mass is 19.1. The van der Waals surface area contributed by atoms with E-state index >= 15 is 0 Å². The average molecular weight is 247 g/mol. The van der Waals surface area contributed by atoms with E-state index in [1.165, 1.54) is 6.07 Å². The lowest BCUT2D eigenvalue weighted by molar-refractivity contribution is 0.559. The number of nitrogens with one attached hydrogen (secondary N) is 1. The largest absolute Gasteiger partial charge is 0.338 e. The molecule has 1 N–H and O–H groups in total. The van der Waals surface area contributed by atoms with Gasteiger partial charge in [0, 0.05) is 31.9 Å². The Balaban J connectivity index is 2.23. The summed E-state index contributed by atoms with van der Waals surface area (Å²) in [5.41, 5.74) is 1.76. The Morgan fingerprint density at radius 1 is 1.44 bits per heavy atom. The van der Waals surface area contributed by atoms with Crippen LogP contribution >= 0.6 is 0 Å². The fraction of sp³-hybridized carbons (Fsp3) is 0.357. The van der Waals surface area contributed by atoms with Crippen LogP contribution in [0.5, 0.6) is 0 Å². The van der Waals surface area contributed by atoms with Crippen LogP contribution in [0.4, 0.5) is 4.39 Å². The number of rotatable bonds is 4. The van der Waals surface area contributed by atoms with E-state index < -0.39 is 0 Å². The Morgan fingerprint density at radius 3 is 2.78 bits per heavy atom. The maximum absolute atomic E-state index is 13.3. The third kappa shape index (κ3) is 2.59. The van der Waals surface area contributed by atoms with Crippen molar-refractivity contribution in [1.82, 2.24) is 14.9 Å². The van der Waals surface area contributed by atoms with Crippen molar-refractivity contribution in [1.29, 1.82) is 0 Å². The number of likely N-dealkylation sites (N-methyl/N-ethyl adjacent to an activating group) is 1. The second-order valence-electron chi connectivity index (χ2n) is 4.51. The summed E-state index contributed by atoms with van der Waals surface area (Å²) < 4.78 is 15.3. The van der Waals surface area contributed by atoms with Gasteiger partial charge in [0.05, 0.1) is 0 Å². The van der Waals surface area contributed by atoms with Gasteiger partial charge in [-0.1, -0.05) is 12.1 Å². The first kappa shape index (κ1) is 12.8. The zero-order valence-electron chi connectivity index (χ0n) is 10.9. The van der Waals surface area contributed by atoms with Crippen LogP contribution in [0, 0.1) is 12.7 Å². The molecule has 4 heteroatoms. The minimum atomic E-state index is -0.161. The van der Waals surface area contributed by atoms with Gasteiger partial charge in [0.25, 0.3) is 0 Å². The minimum absolute atomic E-state index is 0.144. The SMILES string of the molecule is CNC(Cc1nccn1C)c1ccc(F)c(C)c1. The van der Waals surface area contributed by atoms with Crippen molar-refractivity contribution < 1.29 is 4.39 Å². The number of aromatic nitrogens is 2. The quantitative estimate of drug-likeness (QED) is 0.899. The highest BCUT2D eigenvalue weighted by molar-refractivity contribution is 5.27. The predicted octanol–water partition coefficient (Wildman–Crippen LogP) is 2.37. The van der Waals surface area contributed by atoms with Crippen LogP contribution in [-0.2, 0) is 13.5 Å². The van der Waals surface area contributed by atoms with Gasteiger partial charge in [-0.2, -0.15) is 0 Å². The van der Waals surface area contributed by atoms with Gasteiger partial charge in [-0.05, 0) is 31.2 Å². The summed E-state index contributed by atoms with van der Waals surface area (Å²) in [6.45, 7) is 1.78. The van der Waals surface area contributed by atoms with Gasteiger partial charge in [-0.3, -0.25) is 0 Å². The van der Waals surface area contributed by atoms with Crippen molar-refractivity contribution >= 4 is 0 Å². The molecule has 1 aromatic heterocycles. The van der Waals surface area contributed by atoms with Crippen LogP contribution in [0.1, 0.15) is 23.0 Å². The van der Waals surface area contributed by atoms with Gasteiger partial charge >= 0.3 is 0 Å². The molecule has 2 aromatic rings. The van der Waals surface area contributed by atoms with Crippen LogP contribution in [0.2, 0.25) is 0 Å². The highest BCUT2D eigenvalue weighted by Gasteiger charge is 2.13. The summed E-state index contributed by atoms with van der Waals surface area (Å²) in [5.74, 6) is 0.849. The average Bonchev–Trinajstić information content (AvgIpc) is 2.75. The summed E-state index contributed by atoms with van der Waals surface area (Å²) in [4.78, 5) is 4.32. The lowest BCUT2D eigenvalue weighted by Gasteiger charge is -2.17. The number of halogens is 1. The molecule has 2 rings (SSSR count). The van der Waals surface area contributed by atoms with E-state index in [1.54, 1.807) is 13.1 Å². The summed E-state index contributed by atoms with van der Waals surface area (Å²) >= 11 is 0. The molecular weight excluding hydrogens is 229 g/mol. The molecule has 0 saturated carbocycles. The van der Waals surface area contributed by atoms with E-state index in [0.717, 1.165) is 17.8 Å². The van der Waals surface area contributed by atoms with Crippen molar-refractivity contribution in [2.24, 2.45) is 7.05 Å². The number of hydrogen-bond donors (Lipinski definition) is 1. The first-order chi connectivity index (χ1) is 8.61. The van der Waals surface area contributed by atoms with Crippen LogP contribution in [0.25, 0.3) is 0 Å². The number of hydrogen-bond acceptors (Lipinski definition) is 2. The Labute approximate surface area is 107 Å².